The van der Waals surface area contributed by atoms with Gasteiger partial charge in [0.05, 0.1) is 12.4 Å². The maximum Gasteiger partial charge on any atom is 0.356 e. The van der Waals surface area contributed by atoms with Crippen LogP contribution >= 0.6 is 0 Å². The van der Waals surface area contributed by atoms with Crippen LogP contribution in [0.25, 0.3) is 0 Å². The lowest BCUT2D eigenvalue weighted by atomic mass is 10.2. The lowest BCUT2D eigenvalue weighted by molar-refractivity contribution is 0.0690. The predicted octanol–water partition coefficient (Wildman–Crippen LogP) is 1.71. The number of aromatic carboxylic acids is 1. The molecule has 1 aromatic heterocycles. The van der Waals surface area contributed by atoms with Gasteiger partial charge in [0.15, 0.2) is 5.69 Å². The number of nitrogens with zero attached hydrogens (tertiary/aromatic N) is 3. The van der Waals surface area contributed by atoms with Crippen molar-refractivity contribution in [2.75, 3.05) is 18.4 Å². The first kappa shape index (κ1) is 15.4. The van der Waals surface area contributed by atoms with E-state index in [0.29, 0.717) is 17.9 Å². The van der Waals surface area contributed by atoms with Crippen molar-refractivity contribution in [1.82, 2.24) is 14.9 Å². The Balaban J connectivity index is 2.46. The van der Waals surface area contributed by atoms with Crippen molar-refractivity contribution in [3.63, 3.8) is 0 Å². The summed E-state index contributed by atoms with van der Waals surface area (Å²) < 4.78 is 0. The average molecular weight is 266 g/mol. The van der Waals surface area contributed by atoms with Crippen LogP contribution in [-0.4, -0.2) is 51.1 Å². The summed E-state index contributed by atoms with van der Waals surface area (Å²) in [4.78, 5) is 20.8. The Morgan fingerprint density at radius 1 is 1.26 bits per heavy atom. The van der Waals surface area contributed by atoms with E-state index in [2.05, 4.69) is 47.9 Å². The molecule has 0 spiro atoms. The number of rotatable bonds is 7. The van der Waals surface area contributed by atoms with Crippen molar-refractivity contribution in [2.45, 2.75) is 39.8 Å². The topological polar surface area (TPSA) is 78.4 Å². The van der Waals surface area contributed by atoms with E-state index in [1.165, 1.54) is 12.4 Å². The molecule has 0 atom stereocenters. The van der Waals surface area contributed by atoms with E-state index in [9.17, 15) is 4.79 Å². The van der Waals surface area contributed by atoms with Crippen molar-refractivity contribution >= 4 is 11.8 Å². The molecule has 0 aliphatic carbocycles. The van der Waals surface area contributed by atoms with Crippen LogP contribution in [0.2, 0.25) is 0 Å². The molecule has 0 saturated heterocycles. The molecule has 6 nitrogen and oxygen atoms in total. The van der Waals surface area contributed by atoms with Crippen molar-refractivity contribution in [3.8, 4) is 0 Å². The molecule has 106 valence electrons. The fourth-order valence-electron chi connectivity index (χ4n) is 1.96. The van der Waals surface area contributed by atoms with Gasteiger partial charge in [-0.15, -0.1) is 0 Å². The summed E-state index contributed by atoms with van der Waals surface area (Å²) in [6.07, 6.45) is 2.70. The van der Waals surface area contributed by atoms with Gasteiger partial charge in [-0.3, -0.25) is 4.90 Å². The molecule has 1 rings (SSSR count). The van der Waals surface area contributed by atoms with Crippen LogP contribution in [0.5, 0.6) is 0 Å². The zero-order chi connectivity index (χ0) is 14.4. The lowest BCUT2D eigenvalue weighted by Gasteiger charge is -2.30. The maximum absolute atomic E-state index is 10.6. The van der Waals surface area contributed by atoms with Crippen LogP contribution in [0.1, 0.15) is 38.2 Å². The van der Waals surface area contributed by atoms with Gasteiger partial charge in [-0.1, -0.05) is 0 Å². The molecule has 1 aromatic rings. The molecule has 19 heavy (non-hydrogen) atoms. The summed E-state index contributed by atoms with van der Waals surface area (Å²) in [6.45, 7) is 10.3. The molecule has 0 radical (unpaired) electrons. The molecule has 1 heterocycles. The van der Waals surface area contributed by atoms with E-state index >= 15 is 0 Å². The molecule has 2 N–H and O–H groups in total. The van der Waals surface area contributed by atoms with E-state index in [1.54, 1.807) is 0 Å². The molecule has 0 aliphatic rings. The number of anilines is 1. The van der Waals surface area contributed by atoms with Crippen LogP contribution in [0, 0.1) is 0 Å². The molecule has 0 amide bonds. The van der Waals surface area contributed by atoms with Gasteiger partial charge in [-0.25, -0.2) is 14.8 Å². The number of aromatic nitrogens is 2. The monoisotopic (exact) mass is 266 g/mol. The van der Waals surface area contributed by atoms with Crippen molar-refractivity contribution < 1.29 is 9.90 Å². The third-order valence-electron chi connectivity index (χ3n) is 2.87. The Hall–Kier alpha value is -1.69. The highest BCUT2D eigenvalue weighted by molar-refractivity contribution is 5.84. The van der Waals surface area contributed by atoms with Crippen LogP contribution in [-0.2, 0) is 0 Å². The second-order valence-electron chi connectivity index (χ2n) is 4.94. The van der Waals surface area contributed by atoms with Gasteiger partial charge in [0.1, 0.15) is 5.82 Å². The van der Waals surface area contributed by atoms with Gasteiger partial charge >= 0.3 is 5.97 Å². The Bertz CT molecular complexity index is 396. The second kappa shape index (κ2) is 7.04. The van der Waals surface area contributed by atoms with Crippen LogP contribution < -0.4 is 5.32 Å². The predicted molar refractivity (Wildman–Crippen MR) is 74.5 cm³/mol. The SMILES string of the molecule is CC(C)N(CCNc1cnc(C(=O)O)cn1)C(C)C. The normalized spacial score (nSPS) is 11.3. The maximum atomic E-state index is 10.6. The Labute approximate surface area is 113 Å². The average Bonchev–Trinajstić information content (AvgIpc) is 2.34. The van der Waals surface area contributed by atoms with E-state index < -0.39 is 5.97 Å². The summed E-state index contributed by atoms with van der Waals surface area (Å²) in [5, 5.41) is 11.9. The number of carbonyl (C=O) groups is 1. The summed E-state index contributed by atoms with van der Waals surface area (Å²) >= 11 is 0. The minimum absolute atomic E-state index is 0.0449. The van der Waals surface area contributed by atoms with Gasteiger partial charge in [-0.05, 0) is 27.7 Å². The second-order valence-corrected chi connectivity index (χ2v) is 4.94. The molecule has 0 aliphatic heterocycles. The summed E-state index contributed by atoms with van der Waals surface area (Å²) in [5.41, 5.74) is -0.0449. The molecule has 0 bridgehead atoms. The summed E-state index contributed by atoms with van der Waals surface area (Å²) in [6, 6.07) is 0.976. The highest BCUT2D eigenvalue weighted by atomic mass is 16.4. The molecule has 0 saturated carbocycles. The number of nitrogens with one attached hydrogen (secondary N) is 1. The third-order valence-corrected chi connectivity index (χ3v) is 2.87. The van der Waals surface area contributed by atoms with Crippen LogP contribution in [0.3, 0.4) is 0 Å². The largest absolute Gasteiger partial charge is 0.476 e. The standard InChI is InChI=1S/C13H22N4O2/c1-9(2)17(10(3)4)6-5-14-12-8-15-11(7-16-12)13(18)19/h7-10H,5-6H2,1-4H3,(H,14,16)(H,18,19). The van der Waals surface area contributed by atoms with Crippen molar-refractivity contribution in [3.05, 3.63) is 18.1 Å². The van der Waals surface area contributed by atoms with Crippen LogP contribution in [0.15, 0.2) is 12.4 Å². The van der Waals surface area contributed by atoms with Crippen molar-refractivity contribution in [2.24, 2.45) is 0 Å². The molecule has 0 unspecified atom stereocenters. The first-order valence-corrected chi connectivity index (χ1v) is 6.46. The van der Waals surface area contributed by atoms with E-state index in [4.69, 9.17) is 5.11 Å². The van der Waals surface area contributed by atoms with Crippen molar-refractivity contribution in [1.29, 1.82) is 0 Å². The Kier molecular flexibility index (Phi) is 5.69. The van der Waals surface area contributed by atoms with E-state index in [1.807, 2.05) is 0 Å². The number of carboxylic acid groups (broad SMARTS) is 1. The van der Waals surface area contributed by atoms with Gasteiger partial charge in [0.2, 0.25) is 0 Å². The highest BCUT2D eigenvalue weighted by Gasteiger charge is 2.12. The van der Waals surface area contributed by atoms with E-state index in [0.717, 1.165) is 13.1 Å². The first-order valence-electron chi connectivity index (χ1n) is 6.46. The minimum atomic E-state index is -1.06. The highest BCUT2D eigenvalue weighted by Crippen LogP contribution is 2.05. The van der Waals surface area contributed by atoms with Gasteiger partial charge in [0, 0.05) is 25.2 Å². The molecule has 6 heteroatoms. The Morgan fingerprint density at radius 3 is 2.32 bits per heavy atom. The Morgan fingerprint density at radius 2 is 1.89 bits per heavy atom. The smallest absolute Gasteiger partial charge is 0.356 e. The molecular formula is C13H22N4O2. The zero-order valence-corrected chi connectivity index (χ0v) is 11.9. The molecular weight excluding hydrogens is 244 g/mol. The fraction of sp³-hybridized carbons (Fsp3) is 0.615. The molecule has 0 aromatic carbocycles. The quantitative estimate of drug-likeness (QED) is 0.782. The fourth-order valence-corrected chi connectivity index (χ4v) is 1.96. The minimum Gasteiger partial charge on any atom is -0.476 e. The van der Waals surface area contributed by atoms with E-state index in [-0.39, 0.29) is 5.69 Å². The number of hydrogen-bond acceptors (Lipinski definition) is 5. The number of carboxylic acids is 1. The summed E-state index contributed by atoms with van der Waals surface area (Å²) in [5.74, 6) is -0.470. The first-order chi connectivity index (χ1) is 8.91. The van der Waals surface area contributed by atoms with Gasteiger partial charge in [0.25, 0.3) is 0 Å². The van der Waals surface area contributed by atoms with Gasteiger partial charge in [-0.2, -0.15) is 0 Å². The molecule has 0 fully saturated rings. The summed E-state index contributed by atoms with van der Waals surface area (Å²) in [7, 11) is 0. The van der Waals surface area contributed by atoms with Gasteiger partial charge < -0.3 is 10.4 Å². The third kappa shape index (κ3) is 4.82. The number of hydrogen-bond donors (Lipinski definition) is 2. The zero-order valence-electron chi connectivity index (χ0n) is 11.9. The lowest BCUT2D eigenvalue weighted by Crippen LogP contribution is -2.40. The van der Waals surface area contributed by atoms with Crippen LogP contribution in [0.4, 0.5) is 5.82 Å².